The largest absolute Gasteiger partial charge is 0.460 e. The molecule has 3 N–H and O–H groups in total. The molecule has 3 rings (SSSR count). The van der Waals surface area contributed by atoms with E-state index >= 15 is 0 Å². The van der Waals surface area contributed by atoms with Crippen LogP contribution in [0, 0.1) is 6.92 Å². The Labute approximate surface area is 139 Å². The molecule has 0 aliphatic heterocycles. The second-order valence-electron chi connectivity index (χ2n) is 5.35. The van der Waals surface area contributed by atoms with Crippen LogP contribution in [0.25, 0.3) is 11.5 Å². The van der Waals surface area contributed by atoms with E-state index in [4.69, 9.17) is 16.0 Å². The van der Waals surface area contributed by atoms with Crippen LogP contribution in [-0.4, -0.2) is 21.8 Å². The van der Waals surface area contributed by atoms with Gasteiger partial charge in [-0.3, -0.25) is 5.10 Å². The molecule has 0 fully saturated rings. The average Bonchev–Trinajstić information content (AvgIpc) is 3.16. The van der Waals surface area contributed by atoms with E-state index in [2.05, 4.69) is 15.5 Å². The Morgan fingerprint density at radius 1 is 1.30 bits per heavy atom. The summed E-state index contributed by atoms with van der Waals surface area (Å²) in [6.45, 7) is 2.86. The number of halogens is 1. The number of furan rings is 1. The average molecular weight is 332 g/mol. The third kappa shape index (κ3) is 3.64. The molecule has 5 nitrogen and oxygen atoms in total. The second-order valence-corrected chi connectivity index (χ2v) is 5.76. The molecule has 1 atom stereocenters. The molecule has 2 heterocycles. The van der Waals surface area contributed by atoms with Gasteiger partial charge in [0.1, 0.15) is 11.5 Å². The molecule has 23 heavy (non-hydrogen) atoms. The number of rotatable bonds is 6. The molecular weight excluding hydrogens is 314 g/mol. The highest BCUT2D eigenvalue weighted by atomic mass is 35.5. The Morgan fingerprint density at radius 2 is 2.13 bits per heavy atom. The summed E-state index contributed by atoms with van der Waals surface area (Å²) in [5.41, 5.74) is 2.54. The van der Waals surface area contributed by atoms with Crippen LogP contribution < -0.4 is 5.32 Å². The molecule has 0 saturated heterocycles. The van der Waals surface area contributed by atoms with Crippen LogP contribution in [0.15, 0.2) is 47.0 Å². The molecule has 3 aromatic rings. The van der Waals surface area contributed by atoms with Crippen LogP contribution in [0.2, 0.25) is 5.02 Å². The predicted octanol–water partition coefficient (Wildman–Crippen LogP) is 3.45. The van der Waals surface area contributed by atoms with E-state index in [0.717, 1.165) is 28.3 Å². The number of H-pyrrole nitrogens is 1. The van der Waals surface area contributed by atoms with Crippen molar-refractivity contribution in [3.8, 4) is 11.5 Å². The molecule has 2 aromatic heterocycles. The first-order valence-electron chi connectivity index (χ1n) is 7.37. The molecule has 6 heteroatoms. The fourth-order valence-electron chi connectivity index (χ4n) is 2.43. The van der Waals surface area contributed by atoms with Gasteiger partial charge in [-0.05, 0) is 25.1 Å². The zero-order valence-corrected chi connectivity index (χ0v) is 13.5. The Kier molecular flexibility index (Phi) is 4.81. The molecule has 0 spiro atoms. The summed E-state index contributed by atoms with van der Waals surface area (Å²) < 4.78 is 5.62. The van der Waals surface area contributed by atoms with Gasteiger partial charge in [0.05, 0.1) is 12.3 Å². The van der Waals surface area contributed by atoms with Crippen molar-refractivity contribution in [1.29, 1.82) is 0 Å². The number of benzene rings is 1. The summed E-state index contributed by atoms with van der Waals surface area (Å²) in [5, 5.41) is 21.0. The van der Waals surface area contributed by atoms with E-state index in [9.17, 15) is 5.11 Å². The molecular formula is C17H18ClN3O2. The van der Waals surface area contributed by atoms with Crippen molar-refractivity contribution in [3.05, 3.63) is 64.5 Å². The maximum atomic E-state index is 10.2. The van der Waals surface area contributed by atoms with Gasteiger partial charge >= 0.3 is 0 Å². The Balaban J connectivity index is 1.62. The monoisotopic (exact) mass is 331 g/mol. The fraction of sp³-hybridized carbons (Fsp3) is 0.235. The lowest BCUT2D eigenvalue weighted by Crippen LogP contribution is -2.21. The van der Waals surface area contributed by atoms with E-state index in [0.29, 0.717) is 18.1 Å². The number of hydrogen-bond acceptors (Lipinski definition) is 4. The quantitative estimate of drug-likeness (QED) is 0.646. The zero-order chi connectivity index (χ0) is 16.2. The third-order valence-corrected chi connectivity index (χ3v) is 3.97. The molecule has 0 saturated carbocycles. The first kappa shape index (κ1) is 15.8. The van der Waals surface area contributed by atoms with E-state index in [1.165, 1.54) is 0 Å². The Morgan fingerprint density at radius 3 is 2.87 bits per heavy atom. The van der Waals surface area contributed by atoms with Crippen LogP contribution in [0.3, 0.4) is 0 Å². The van der Waals surface area contributed by atoms with Crippen molar-refractivity contribution in [2.75, 3.05) is 6.54 Å². The standard InChI is InChI=1S/C17H18ClN3O2/c1-11-6-7-16(23-11)17-12(9-20-21-17)8-19-10-15(22)13-4-2-3-5-14(13)18/h2-7,9,15,19,22H,8,10H2,1H3,(H,20,21). The predicted molar refractivity (Wildman–Crippen MR) is 89.1 cm³/mol. The van der Waals surface area contributed by atoms with Crippen LogP contribution in [0.4, 0.5) is 0 Å². The van der Waals surface area contributed by atoms with Gasteiger partial charge in [0, 0.05) is 29.2 Å². The zero-order valence-electron chi connectivity index (χ0n) is 12.7. The number of aryl methyl sites for hydroxylation is 1. The second kappa shape index (κ2) is 7.00. The number of hydrogen-bond donors (Lipinski definition) is 3. The smallest absolute Gasteiger partial charge is 0.152 e. The van der Waals surface area contributed by atoms with Crippen molar-refractivity contribution in [2.24, 2.45) is 0 Å². The topological polar surface area (TPSA) is 74.1 Å². The van der Waals surface area contributed by atoms with Crippen molar-refractivity contribution >= 4 is 11.6 Å². The van der Waals surface area contributed by atoms with E-state index in [-0.39, 0.29) is 0 Å². The van der Waals surface area contributed by atoms with Gasteiger partial charge in [-0.15, -0.1) is 0 Å². The number of aliphatic hydroxyl groups is 1. The SMILES string of the molecule is Cc1ccc(-c2[nH]ncc2CNCC(O)c2ccccc2Cl)o1. The van der Waals surface area contributed by atoms with Crippen LogP contribution in [-0.2, 0) is 6.54 Å². The number of nitrogens with one attached hydrogen (secondary N) is 2. The first-order valence-corrected chi connectivity index (χ1v) is 7.75. The van der Waals surface area contributed by atoms with Gasteiger partial charge in [0.25, 0.3) is 0 Å². The van der Waals surface area contributed by atoms with Gasteiger partial charge in [-0.25, -0.2) is 0 Å². The lowest BCUT2D eigenvalue weighted by atomic mass is 10.1. The Hall–Kier alpha value is -2.08. The van der Waals surface area contributed by atoms with E-state index < -0.39 is 6.10 Å². The molecule has 120 valence electrons. The summed E-state index contributed by atoms with van der Waals surface area (Å²) in [6.07, 6.45) is 1.09. The van der Waals surface area contributed by atoms with Crippen molar-refractivity contribution < 1.29 is 9.52 Å². The minimum atomic E-state index is -0.662. The van der Waals surface area contributed by atoms with Gasteiger partial charge in [0.15, 0.2) is 5.76 Å². The summed E-state index contributed by atoms with van der Waals surface area (Å²) in [4.78, 5) is 0. The summed E-state index contributed by atoms with van der Waals surface area (Å²) >= 11 is 6.09. The van der Waals surface area contributed by atoms with Crippen molar-refractivity contribution in [2.45, 2.75) is 19.6 Å². The maximum absolute atomic E-state index is 10.2. The lowest BCUT2D eigenvalue weighted by Gasteiger charge is -2.13. The molecule has 0 aliphatic carbocycles. The Bertz CT molecular complexity index is 782. The summed E-state index contributed by atoms with van der Waals surface area (Å²) in [6, 6.07) is 11.1. The maximum Gasteiger partial charge on any atom is 0.152 e. The number of aromatic amines is 1. The molecule has 0 amide bonds. The van der Waals surface area contributed by atoms with Gasteiger partial charge in [-0.1, -0.05) is 29.8 Å². The lowest BCUT2D eigenvalue weighted by molar-refractivity contribution is 0.174. The normalized spacial score (nSPS) is 12.5. The summed E-state index contributed by atoms with van der Waals surface area (Å²) in [7, 11) is 0. The number of aromatic nitrogens is 2. The van der Waals surface area contributed by atoms with E-state index in [1.807, 2.05) is 37.3 Å². The number of aliphatic hydroxyl groups excluding tert-OH is 1. The highest BCUT2D eigenvalue weighted by Gasteiger charge is 2.13. The van der Waals surface area contributed by atoms with Crippen LogP contribution in [0.5, 0.6) is 0 Å². The van der Waals surface area contributed by atoms with Gasteiger partial charge < -0.3 is 14.8 Å². The van der Waals surface area contributed by atoms with Crippen molar-refractivity contribution in [3.63, 3.8) is 0 Å². The minimum Gasteiger partial charge on any atom is -0.460 e. The molecule has 1 aromatic carbocycles. The highest BCUT2D eigenvalue weighted by Crippen LogP contribution is 2.24. The highest BCUT2D eigenvalue weighted by molar-refractivity contribution is 6.31. The van der Waals surface area contributed by atoms with Gasteiger partial charge in [-0.2, -0.15) is 5.10 Å². The first-order chi connectivity index (χ1) is 11.1. The fourth-order valence-corrected chi connectivity index (χ4v) is 2.69. The van der Waals surface area contributed by atoms with Crippen LogP contribution in [0.1, 0.15) is 23.0 Å². The van der Waals surface area contributed by atoms with E-state index in [1.54, 1.807) is 12.3 Å². The molecule has 0 aliphatic rings. The van der Waals surface area contributed by atoms with Crippen LogP contribution >= 0.6 is 11.6 Å². The van der Waals surface area contributed by atoms with Crippen molar-refractivity contribution in [1.82, 2.24) is 15.5 Å². The molecule has 0 radical (unpaired) electrons. The third-order valence-electron chi connectivity index (χ3n) is 3.62. The summed E-state index contributed by atoms with van der Waals surface area (Å²) in [5.74, 6) is 1.60. The molecule has 0 bridgehead atoms. The number of nitrogens with zero attached hydrogens (tertiary/aromatic N) is 1. The van der Waals surface area contributed by atoms with Gasteiger partial charge in [0.2, 0.25) is 0 Å². The minimum absolute atomic E-state index is 0.394. The molecule has 1 unspecified atom stereocenters.